The van der Waals surface area contributed by atoms with Crippen LogP contribution in [0.5, 0.6) is 0 Å². The van der Waals surface area contributed by atoms with Crippen LogP contribution in [-0.2, 0) is 14.3 Å². The molecule has 1 aromatic carbocycles. The van der Waals surface area contributed by atoms with Crippen LogP contribution in [0.1, 0.15) is 29.4 Å². The van der Waals surface area contributed by atoms with Gasteiger partial charge in [-0.15, -0.1) is 11.3 Å². The number of hydrogen-bond donors (Lipinski definition) is 0. The highest BCUT2D eigenvalue weighted by atomic mass is 32.1. The summed E-state index contributed by atoms with van der Waals surface area (Å²) >= 11 is 1.45. The Morgan fingerprint density at radius 1 is 1.30 bits per heavy atom. The van der Waals surface area contributed by atoms with E-state index in [0.717, 1.165) is 10.1 Å². The summed E-state index contributed by atoms with van der Waals surface area (Å²) in [5.74, 6) is -0.780. The molecule has 142 valence electrons. The van der Waals surface area contributed by atoms with Gasteiger partial charge in [0.25, 0.3) is 5.91 Å². The van der Waals surface area contributed by atoms with Crippen molar-refractivity contribution in [1.29, 1.82) is 0 Å². The van der Waals surface area contributed by atoms with E-state index >= 15 is 0 Å². The molecule has 2 aliphatic heterocycles. The number of piperazine rings is 1. The molecule has 0 unspecified atom stereocenters. The van der Waals surface area contributed by atoms with Crippen LogP contribution >= 0.6 is 11.3 Å². The summed E-state index contributed by atoms with van der Waals surface area (Å²) in [7, 11) is 1.38. The minimum Gasteiger partial charge on any atom is -0.469 e. The fourth-order valence-electron chi connectivity index (χ4n) is 4.43. The third-order valence-electron chi connectivity index (χ3n) is 5.63. The fourth-order valence-corrected chi connectivity index (χ4v) is 5.46. The van der Waals surface area contributed by atoms with Crippen LogP contribution in [0.2, 0.25) is 0 Å². The Kier molecular flexibility index (Phi) is 4.63. The maximum absolute atomic E-state index is 13.0. The number of carbonyl (C=O) groups is 3. The van der Waals surface area contributed by atoms with Crippen LogP contribution in [-0.4, -0.2) is 59.9 Å². The molecule has 1 aromatic heterocycles. The molecule has 3 heterocycles. The van der Waals surface area contributed by atoms with Gasteiger partial charge in [0.1, 0.15) is 6.54 Å². The summed E-state index contributed by atoms with van der Waals surface area (Å²) in [4.78, 5) is 42.0. The van der Waals surface area contributed by atoms with Crippen LogP contribution in [0.25, 0.3) is 10.1 Å². The van der Waals surface area contributed by atoms with Crippen LogP contribution in [0.3, 0.4) is 0 Å². The number of fused-ring (bicyclic) bond motifs is 2. The van der Waals surface area contributed by atoms with Crippen LogP contribution < -0.4 is 0 Å². The van der Waals surface area contributed by atoms with Crippen molar-refractivity contribution < 1.29 is 19.1 Å². The van der Waals surface area contributed by atoms with E-state index in [0.29, 0.717) is 24.3 Å². The van der Waals surface area contributed by atoms with Gasteiger partial charge in [-0.05, 0) is 30.4 Å². The van der Waals surface area contributed by atoms with Gasteiger partial charge in [0.15, 0.2) is 0 Å². The molecular formula is C20H22N2O4S. The summed E-state index contributed by atoms with van der Waals surface area (Å²) < 4.78 is 5.99. The zero-order valence-corrected chi connectivity index (χ0v) is 16.2. The number of esters is 1. The Balaban J connectivity index is 1.56. The van der Waals surface area contributed by atoms with Crippen molar-refractivity contribution in [3.63, 3.8) is 0 Å². The van der Waals surface area contributed by atoms with Crippen molar-refractivity contribution in [2.45, 2.75) is 31.8 Å². The normalized spacial score (nSPS) is 25.0. The van der Waals surface area contributed by atoms with Crippen molar-refractivity contribution in [1.82, 2.24) is 9.80 Å². The quantitative estimate of drug-likeness (QED) is 0.761. The second kappa shape index (κ2) is 6.96. The average molecular weight is 386 g/mol. The van der Waals surface area contributed by atoms with E-state index in [1.165, 1.54) is 18.4 Å². The molecule has 0 saturated carbocycles. The predicted octanol–water partition coefficient (Wildman–Crippen LogP) is 2.53. The zero-order valence-electron chi connectivity index (χ0n) is 15.4. The molecule has 0 radical (unpaired) electrons. The van der Waals surface area contributed by atoms with E-state index in [-0.39, 0.29) is 42.3 Å². The summed E-state index contributed by atoms with van der Waals surface area (Å²) in [5, 5.41) is 1.04. The minimum absolute atomic E-state index is 0.0635. The molecular weight excluding hydrogens is 364 g/mol. The number of hydrogen-bond acceptors (Lipinski definition) is 5. The second-order valence-corrected chi connectivity index (χ2v) is 8.21. The van der Waals surface area contributed by atoms with Crippen molar-refractivity contribution in [3.8, 4) is 0 Å². The monoisotopic (exact) mass is 386 g/mol. The SMILES string of the molecule is CC[C@H]1[C@@H](C(=O)OC)C[C@H]2CN(C(=O)c3cc4ccccc4s3)CC(=O)N21. The molecule has 3 atom stereocenters. The standard InChI is InChI=1S/C20H22N2O4S/c1-3-15-14(20(25)26-2)9-13-10-21(11-18(23)22(13)15)19(24)17-8-12-6-4-5-7-16(12)27-17/h4-8,13-15H,3,9-11H2,1-2H3/t13-,14-,15-/m0/s1. The summed E-state index contributed by atoms with van der Waals surface area (Å²) in [5.41, 5.74) is 0. The molecule has 0 N–H and O–H groups in total. The first-order valence-electron chi connectivity index (χ1n) is 9.20. The van der Waals surface area contributed by atoms with Gasteiger partial charge in [0.2, 0.25) is 5.91 Å². The van der Waals surface area contributed by atoms with Crippen LogP contribution in [0.15, 0.2) is 30.3 Å². The molecule has 0 bridgehead atoms. The maximum atomic E-state index is 13.0. The minimum atomic E-state index is -0.312. The lowest BCUT2D eigenvalue weighted by Crippen LogP contribution is -2.57. The molecule has 0 spiro atoms. The zero-order chi connectivity index (χ0) is 19.1. The highest BCUT2D eigenvalue weighted by Crippen LogP contribution is 2.36. The molecule has 0 aliphatic carbocycles. The molecule has 2 saturated heterocycles. The number of nitrogens with zero attached hydrogens (tertiary/aromatic N) is 2. The van der Waals surface area contributed by atoms with Crippen LogP contribution in [0.4, 0.5) is 0 Å². The number of ether oxygens (including phenoxy) is 1. The molecule has 2 fully saturated rings. The number of rotatable bonds is 3. The Bertz CT molecular complexity index is 875. The summed E-state index contributed by atoms with van der Waals surface area (Å²) in [6.07, 6.45) is 1.25. The second-order valence-electron chi connectivity index (χ2n) is 7.13. The summed E-state index contributed by atoms with van der Waals surface area (Å²) in [6, 6.07) is 9.49. The molecule has 4 rings (SSSR count). The number of amides is 2. The first kappa shape index (κ1) is 18.0. The van der Waals surface area contributed by atoms with Gasteiger partial charge in [-0.1, -0.05) is 25.1 Å². The highest BCUT2D eigenvalue weighted by Gasteiger charge is 2.49. The number of methoxy groups -OCH3 is 1. The Labute approximate surface area is 161 Å². The molecule has 7 heteroatoms. The molecule has 2 aromatic rings. The smallest absolute Gasteiger partial charge is 0.310 e. The van der Waals surface area contributed by atoms with Crippen molar-refractivity contribution in [2.24, 2.45) is 5.92 Å². The van der Waals surface area contributed by atoms with Gasteiger partial charge in [0, 0.05) is 17.3 Å². The predicted molar refractivity (Wildman–Crippen MR) is 103 cm³/mol. The van der Waals surface area contributed by atoms with Gasteiger partial charge in [-0.25, -0.2) is 0 Å². The largest absolute Gasteiger partial charge is 0.469 e. The number of benzene rings is 1. The van der Waals surface area contributed by atoms with Gasteiger partial charge in [-0.2, -0.15) is 0 Å². The van der Waals surface area contributed by atoms with E-state index in [9.17, 15) is 14.4 Å². The van der Waals surface area contributed by atoms with Gasteiger partial charge >= 0.3 is 5.97 Å². The van der Waals surface area contributed by atoms with Gasteiger partial charge in [-0.3, -0.25) is 14.4 Å². The van der Waals surface area contributed by atoms with E-state index in [1.54, 1.807) is 4.90 Å². The van der Waals surface area contributed by atoms with Crippen molar-refractivity contribution in [3.05, 3.63) is 35.2 Å². The lowest BCUT2D eigenvalue weighted by Gasteiger charge is -2.39. The van der Waals surface area contributed by atoms with Crippen molar-refractivity contribution in [2.75, 3.05) is 20.2 Å². The van der Waals surface area contributed by atoms with E-state index in [4.69, 9.17) is 4.74 Å². The lowest BCUT2D eigenvalue weighted by molar-refractivity contribution is -0.147. The van der Waals surface area contributed by atoms with Crippen molar-refractivity contribution >= 4 is 39.2 Å². The first-order chi connectivity index (χ1) is 13.0. The highest BCUT2D eigenvalue weighted by molar-refractivity contribution is 7.20. The first-order valence-corrected chi connectivity index (χ1v) is 10.0. The lowest BCUT2D eigenvalue weighted by atomic mass is 9.97. The third kappa shape index (κ3) is 3.00. The molecule has 2 aliphatic rings. The number of thiophene rings is 1. The van der Waals surface area contributed by atoms with Gasteiger partial charge < -0.3 is 14.5 Å². The van der Waals surface area contributed by atoms with Crippen LogP contribution in [0, 0.1) is 5.92 Å². The number of carbonyl (C=O) groups excluding carboxylic acids is 3. The Morgan fingerprint density at radius 3 is 2.78 bits per heavy atom. The average Bonchev–Trinajstić information content (AvgIpc) is 3.28. The fraction of sp³-hybridized carbons (Fsp3) is 0.450. The molecule has 2 amide bonds. The topological polar surface area (TPSA) is 66.9 Å². The van der Waals surface area contributed by atoms with E-state index in [2.05, 4.69) is 0 Å². The maximum Gasteiger partial charge on any atom is 0.310 e. The molecule has 27 heavy (non-hydrogen) atoms. The van der Waals surface area contributed by atoms with E-state index < -0.39 is 0 Å². The Hall–Kier alpha value is -2.41. The van der Waals surface area contributed by atoms with Gasteiger partial charge in [0.05, 0.1) is 23.9 Å². The van der Waals surface area contributed by atoms with E-state index in [1.807, 2.05) is 42.2 Å². The molecule has 6 nitrogen and oxygen atoms in total. The summed E-state index contributed by atoms with van der Waals surface area (Å²) in [6.45, 7) is 2.50. The Morgan fingerprint density at radius 2 is 2.07 bits per heavy atom. The third-order valence-corrected chi connectivity index (χ3v) is 6.74.